The molecule has 2 aliphatic heterocycles. The Morgan fingerprint density at radius 3 is 1.38 bits per heavy atom. The van der Waals surface area contributed by atoms with Crippen molar-refractivity contribution in [1.29, 1.82) is 0 Å². The summed E-state index contributed by atoms with van der Waals surface area (Å²) in [6, 6.07) is 9.51. The van der Waals surface area contributed by atoms with E-state index in [-0.39, 0.29) is 35.3 Å². The van der Waals surface area contributed by atoms with Crippen molar-refractivity contribution in [1.82, 2.24) is 0 Å². The van der Waals surface area contributed by atoms with Gasteiger partial charge in [-0.1, -0.05) is 12.1 Å². The first-order chi connectivity index (χ1) is 12.5. The van der Waals surface area contributed by atoms with E-state index in [0.717, 1.165) is 0 Å². The number of benzene rings is 2. The van der Waals surface area contributed by atoms with E-state index in [0.29, 0.717) is 11.1 Å². The minimum Gasteiger partial charge on any atom is -0.386 e. The van der Waals surface area contributed by atoms with E-state index < -0.39 is 23.9 Å². The summed E-state index contributed by atoms with van der Waals surface area (Å²) in [5.41, 5.74) is 2.36. The number of azo groups is 1. The lowest BCUT2D eigenvalue weighted by molar-refractivity contribution is 0.0425. The molecule has 0 atom stereocenters. The molecule has 2 aromatic rings. The Hall–Kier alpha value is -3.68. The summed E-state index contributed by atoms with van der Waals surface area (Å²) in [6.07, 6.45) is 0. The van der Waals surface area contributed by atoms with E-state index >= 15 is 0 Å². The Morgan fingerprint density at radius 2 is 0.962 bits per heavy atom. The first-order valence-corrected chi connectivity index (χ1v) is 7.65. The molecule has 128 valence electrons. The maximum atomic E-state index is 11.5. The molecule has 8 heteroatoms. The average molecular weight is 350 g/mol. The van der Waals surface area contributed by atoms with Crippen LogP contribution in [0.3, 0.4) is 0 Å². The second-order valence-electron chi connectivity index (χ2n) is 5.71. The number of ether oxygens (including phenoxy) is 2. The SMILES string of the molecule is O=C1OC(=O)c2cc(CN=NCc3ccc4c(c3)C(=O)OC4=O)ccc21. The molecule has 0 saturated carbocycles. The summed E-state index contributed by atoms with van der Waals surface area (Å²) in [6.45, 7) is 0.445. The van der Waals surface area contributed by atoms with Gasteiger partial charge in [0.25, 0.3) is 0 Å². The molecule has 0 unspecified atom stereocenters. The van der Waals surface area contributed by atoms with Crippen LogP contribution in [0.1, 0.15) is 52.6 Å². The fraction of sp³-hybridized carbons (Fsp3) is 0.111. The van der Waals surface area contributed by atoms with Gasteiger partial charge >= 0.3 is 23.9 Å². The number of carbonyl (C=O) groups excluding carboxylic acids is 4. The fourth-order valence-electron chi connectivity index (χ4n) is 2.72. The summed E-state index contributed by atoms with van der Waals surface area (Å²) in [5, 5.41) is 8.08. The monoisotopic (exact) mass is 350 g/mol. The maximum absolute atomic E-state index is 11.5. The zero-order valence-electron chi connectivity index (χ0n) is 13.2. The van der Waals surface area contributed by atoms with Crippen LogP contribution < -0.4 is 0 Å². The van der Waals surface area contributed by atoms with Crippen LogP contribution in [0.4, 0.5) is 0 Å². The molecule has 2 aromatic carbocycles. The van der Waals surface area contributed by atoms with E-state index in [1.54, 1.807) is 24.3 Å². The van der Waals surface area contributed by atoms with Gasteiger partial charge in [-0.2, -0.15) is 10.2 Å². The number of hydrogen-bond donors (Lipinski definition) is 0. The summed E-state index contributed by atoms with van der Waals surface area (Å²) in [4.78, 5) is 45.8. The molecule has 0 fully saturated rings. The first kappa shape index (κ1) is 15.8. The molecule has 2 aliphatic rings. The molecule has 0 saturated heterocycles. The normalized spacial score (nSPS) is 15.2. The molecule has 0 bridgehead atoms. The van der Waals surface area contributed by atoms with Crippen molar-refractivity contribution >= 4 is 23.9 Å². The zero-order chi connectivity index (χ0) is 18.3. The molecule has 0 radical (unpaired) electrons. The zero-order valence-corrected chi connectivity index (χ0v) is 13.2. The molecule has 0 aromatic heterocycles. The number of nitrogens with zero attached hydrogens (tertiary/aromatic N) is 2. The largest absolute Gasteiger partial charge is 0.386 e. The highest BCUT2D eigenvalue weighted by atomic mass is 16.6. The molecule has 0 spiro atoms. The Labute approximate surface area is 146 Å². The van der Waals surface area contributed by atoms with Gasteiger partial charge in [0.15, 0.2) is 0 Å². The topological polar surface area (TPSA) is 111 Å². The number of fused-ring (bicyclic) bond motifs is 2. The lowest BCUT2D eigenvalue weighted by atomic mass is 10.1. The standard InChI is InChI=1S/C18H10N2O6/c21-15-11-3-1-9(5-13(11)17(23)25-15)7-19-20-8-10-2-4-12-14(6-10)18(24)26-16(12)22/h1-6H,7-8H2. The van der Waals surface area contributed by atoms with Crippen molar-refractivity contribution in [2.24, 2.45) is 10.2 Å². The Morgan fingerprint density at radius 1 is 0.577 bits per heavy atom. The van der Waals surface area contributed by atoms with Crippen LogP contribution in [0.25, 0.3) is 0 Å². The third-order valence-electron chi connectivity index (χ3n) is 4.02. The highest BCUT2D eigenvalue weighted by Gasteiger charge is 2.30. The minimum absolute atomic E-state index is 0.222. The van der Waals surface area contributed by atoms with Crippen LogP contribution in [-0.2, 0) is 22.6 Å². The molecule has 0 aliphatic carbocycles. The van der Waals surface area contributed by atoms with Gasteiger partial charge in [0.05, 0.1) is 35.3 Å². The van der Waals surface area contributed by atoms with Crippen molar-refractivity contribution in [2.45, 2.75) is 13.1 Å². The van der Waals surface area contributed by atoms with Crippen LogP contribution >= 0.6 is 0 Å². The van der Waals surface area contributed by atoms with Gasteiger partial charge in [-0.25, -0.2) is 19.2 Å². The van der Waals surface area contributed by atoms with Crippen LogP contribution in [0.5, 0.6) is 0 Å². The number of cyclic esters (lactones) is 4. The smallest absolute Gasteiger partial charge is 0.346 e. The summed E-state index contributed by atoms with van der Waals surface area (Å²) < 4.78 is 9.06. The van der Waals surface area contributed by atoms with Crippen molar-refractivity contribution in [3.8, 4) is 0 Å². The van der Waals surface area contributed by atoms with E-state index in [1.807, 2.05) is 0 Å². The van der Waals surface area contributed by atoms with Crippen LogP contribution in [0.15, 0.2) is 46.6 Å². The fourth-order valence-corrected chi connectivity index (χ4v) is 2.72. The molecule has 8 nitrogen and oxygen atoms in total. The summed E-state index contributed by atoms with van der Waals surface area (Å²) in [7, 11) is 0. The first-order valence-electron chi connectivity index (χ1n) is 7.65. The molecule has 0 amide bonds. The van der Waals surface area contributed by atoms with Crippen molar-refractivity contribution in [3.05, 3.63) is 69.8 Å². The van der Waals surface area contributed by atoms with E-state index in [2.05, 4.69) is 19.7 Å². The molecular formula is C18H10N2O6. The molecule has 0 N–H and O–H groups in total. The van der Waals surface area contributed by atoms with Gasteiger partial charge in [-0.15, -0.1) is 0 Å². The van der Waals surface area contributed by atoms with Gasteiger partial charge < -0.3 is 9.47 Å². The van der Waals surface area contributed by atoms with E-state index in [9.17, 15) is 19.2 Å². The van der Waals surface area contributed by atoms with E-state index in [4.69, 9.17) is 0 Å². The summed E-state index contributed by atoms with van der Waals surface area (Å²) in [5.74, 6) is -2.62. The minimum atomic E-state index is -0.664. The number of hydrogen-bond acceptors (Lipinski definition) is 8. The van der Waals surface area contributed by atoms with Crippen molar-refractivity contribution in [3.63, 3.8) is 0 Å². The van der Waals surface area contributed by atoms with Crippen molar-refractivity contribution < 1.29 is 28.7 Å². The van der Waals surface area contributed by atoms with Gasteiger partial charge in [-0.3, -0.25) is 0 Å². The van der Waals surface area contributed by atoms with E-state index in [1.165, 1.54) is 12.1 Å². The second kappa shape index (κ2) is 5.99. The van der Waals surface area contributed by atoms with Gasteiger partial charge in [0.1, 0.15) is 0 Å². The van der Waals surface area contributed by atoms with Crippen LogP contribution in [0, 0.1) is 0 Å². The molecule has 4 rings (SSSR count). The second-order valence-corrected chi connectivity index (χ2v) is 5.71. The molecule has 26 heavy (non-hydrogen) atoms. The van der Waals surface area contributed by atoms with Gasteiger partial charge in [-0.05, 0) is 35.4 Å². The number of esters is 4. The Bertz CT molecular complexity index is 943. The van der Waals surface area contributed by atoms with Crippen LogP contribution in [0.2, 0.25) is 0 Å². The molecular weight excluding hydrogens is 340 g/mol. The molecule has 2 heterocycles. The lowest BCUT2D eigenvalue weighted by Gasteiger charge is -1.99. The predicted molar refractivity (Wildman–Crippen MR) is 84.6 cm³/mol. The highest BCUT2D eigenvalue weighted by Crippen LogP contribution is 2.23. The van der Waals surface area contributed by atoms with Crippen molar-refractivity contribution in [2.75, 3.05) is 0 Å². The Balaban J connectivity index is 1.43. The number of rotatable bonds is 4. The average Bonchev–Trinajstić information content (AvgIpc) is 3.07. The van der Waals surface area contributed by atoms with Crippen LogP contribution in [-0.4, -0.2) is 23.9 Å². The quantitative estimate of drug-likeness (QED) is 0.476. The van der Waals surface area contributed by atoms with Gasteiger partial charge in [0.2, 0.25) is 0 Å². The maximum Gasteiger partial charge on any atom is 0.346 e. The van der Waals surface area contributed by atoms with Gasteiger partial charge in [0, 0.05) is 0 Å². The summed E-state index contributed by atoms with van der Waals surface area (Å²) >= 11 is 0. The third-order valence-corrected chi connectivity index (χ3v) is 4.02. The highest BCUT2D eigenvalue weighted by molar-refractivity contribution is 6.15. The Kier molecular flexibility index (Phi) is 3.65. The predicted octanol–water partition coefficient (Wildman–Crippen LogP) is 2.46. The lowest BCUT2D eigenvalue weighted by Crippen LogP contribution is -1.97. The third kappa shape index (κ3) is 2.67. The number of carbonyl (C=O) groups is 4.